The highest BCUT2D eigenvalue weighted by Gasteiger charge is 2.07. The minimum absolute atomic E-state index is 0.334. The zero-order chi connectivity index (χ0) is 9.84. The fourth-order valence-corrected chi connectivity index (χ4v) is 2.60. The lowest BCUT2D eigenvalue weighted by Gasteiger charge is -2.14. The van der Waals surface area contributed by atoms with E-state index in [1.54, 1.807) is 11.3 Å². The lowest BCUT2D eigenvalue weighted by Crippen LogP contribution is -2.26. The van der Waals surface area contributed by atoms with Crippen LogP contribution < -0.4 is 5.73 Å². The van der Waals surface area contributed by atoms with Crippen molar-refractivity contribution in [3.8, 4) is 0 Å². The Balaban J connectivity index is 2.35. The smallest absolute Gasteiger partial charge is 0.0285 e. The molecule has 0 saturated heterocycles. The Morgan fingerprint density at radius 3 is 2.69 bits per heavy atom. The maximum absolute atomic E-state index is 5.96. The minimum atomic E-state index is 0.334. The standard InChI is InChI=1S/C10H16BrNS/c1-7(2)10(12)4-3-9-5-8(11)6-13-9/h5-7,10H,3-4,12H2,1-2H3. The molecule has 0 amide bonds. The molecular formula is C10H16BrNS. The van der Waals surface area contributed by atoms with Crippen LogP contribution in [0.3, 0.4) is 0 Å². The second kappa shape index (κ2) is 5.13. The third-order valence-corrected chi connectivity index (χ3v) is 3.96. The van der Waals surface area contributed by atoms with Gasteiger partial charge in [-0.2, -0.15) is 0 Å². The summed E-state index contributed by atoms with van der Waals surface area (Å²) in [6.45, 7) is 4.35. The fourth-order valence-electron chi connectivity index (χ4n) is 1.13. The quantitative estimate of drug-likeness (QED) is 0.883. The molecule has 0 bridgehead atoms. The van der Waals surface area contributed by atoms with Crippen LogP contribution in [0.4, 0.5) is 0 Å². The van der Waals surface area contributed by atoms with Crippen molar-refractivity contribution in [3.63, 3.8) is 0 Å². The van der Waals surface area contributed by atoms with Crippen molar-refractivity contribution in [3.05, 3.63) is 20.8 Å². The number of rotatable bonds is 4. The molecule has 1 aromatic rings. The zero-order valence-corrected chi connectivity index (χ0v) is 10.5. The van der Waals surface area contributed by atoms with Crippen LogP contribution in [0.25, 0.3) is 0 Å². The Hall–Kier alpha value is 0.140. The third-order valence-electron chi connectivity index (χ3n) is 2.20. The second-order valence-electron chi connectivity index (χ2n) is 3.68. The van der Waals surface area contributed by atoms with Crippen molar-refractivity contribution in [1.29, 1.82) is 0 Å². The molecule has 74 valence electrons. The van der Waals surface area contributed by atoms with E-state index in [2.05, 4.69) is 41.2 Å². The van der Waals surface area contributed by atoms with Gasteiger partial charge in [-0.05, 0) is 40.8 Å². The topological polar surface area (TPSA) is 26.0 Å². The van der Waals surface area contributed by atoms with Crippen molar-refractivity contribution in [1.82, 2.24) is 0 Å². The van der Waals surface area contributed by atoms with Gasteiger partial charge in [-0.25, -0.2) is 0 Å². The van der Waals surface area contributed by atoms with Gasteiger partial charge in [0.2, 0.25) is 0 Å². The normalized spacial score (nSPS) is 13.6. The first-order valence-electron chi connectivity index (χ1n) is 4.58. The molecule has 0 saturated carbocycles. The van der Waals surface area contributed by atoms with Crippen LogP contribution in [0.1, 0.15) is 25.1 Å². The molecule has 0 radical (unpaired) electrons. The maximum Gasteiger partial charge on any atom is 0.0285 e. The fraction of sp³-hybridized carbons (Fsp3) is 0.600. The van der Waals surface area contributed by atoms with E-state index in [4.69, 9.17) is 5.73 Å². The first-order valence-corrected chi connectivity index (χ1v) is 6.25. The first-order chi connectivity index (χ1) is 6.09. The van der Waals surface area contributed by atoms with Crippen LogP contribution in [0, 0.1) is 5.92 Å². The van der Waals surface area contributed by atoms with E-state index in [0.29, 0.717) is 12.0 Å². The van der Waals surface area contributed by atoms with Gasteiger partial charge in [-0.15, -0.1) is 11.3 Å². The van der Waals surface area contributed by atoms with Crippen LogP contribution in [-0.2, 0) is 6.42 Å². The number of nitrogens with two attached hydrogens (primary N) is 1. The highest BCUT2D eigenvalue weighted by atomic mass is 79.9. The van der Waals surface area contributed by atoms with Gasteiger partial charge < -0.3 is 5.73 Å². The summed E-state index contributed by atoms with van der Waals surface area (Å²) in [6, 6.07) is 2.51. The Morgan fingerprint density at radius 1 is 1.54 bits per heavy atom. The number of aryl methyl sites for hydroxylation is 1. The molecule has 2 N–H and O–H groups in total. The third kappa shape index (κ3) is 3.79. The Kier molecular flexibility index (Phi) is 4.42. The molecule has 0 aromatic carbocycles. The van der Waals surface area contributed by atoms with Gasteiger partial charge in [-0.3, -0.25) is 0 Å². The zero-order valence-electron chi connectivity index (χ0n) is 8.09. The molecule has 1 unspecified atom stereocenters. The van der Waals surface area contributed by atoms with Gasteiger partial charge >= 0.3 is 0 Å². The van der Waals surface area contributed by atoms with Crippen molar-refractivity contribution < 1.29 is 0 Å². The Labute approximate surface area is 92.5 Å². The van der Waals surface area contributed by atoms with Gasteiger partial charge in [-0.1, -0.05) is 13.8 Å². The molecule has 1 atom stereocenters. The summed E-state index contributed by atoms with van der Waals surface area (Å²) in [5.74, 6) is 0.586. The number of thiophene rings is 1. The van der Waals surface area contributed by atoms with E-state index in [9.17, 15) is 0 Å². The summed E-state index contributed by atoms with van der Waals surface area (Å²) < 4.78 is 1.19. The molecule has 13 heavy (non-hydrogen) atoms. The summed E-state index contributed by atoms with van der Waals surface area (Å²) in [5, 5.41) is 2.12. The molecule has 1 rings (SSSR count). The van der Waals surface area contributed by atoms with Gasteiger partial charge in [0.15, 0.2) is 0 Å². The van der Waals surface area contributed by atoms with Gasteiger partial charge in [0.05, 0.1) is 0 Å². The van der Waals surface area contributed by atoms with Crippen LogP contribution >= 0.6 is 27.3 Å². The number of hydrogen-bond donors (Lipinski definition) is 1. The van der Waals surface area contributed by atoms with Crippen molar-refractivity contribution in [2.24, 2.45) is 11.7 Å². The highest BCUT2D eigenvalue weighted by molar-refractivity contribution is 9.10. The predicted octanol–water partition coefficient (Wildman–Crippen LogP) is 3.43. The lowest BCUT2D eigenvalue weighted by atomic mass is 10.0. The van der Waals surface area contributed by atoms with Crippen molar-refractivity contribution in [2.45, 2.75) is 32.7 Å². The number of halogens is 1. The molecule has 0 aliphatic rings. The molecule has 1 nitrogen and oxygen atoms in total. The summed E-state index contributed by atoms with van der Waals surface area (Å²) >= 11 is 5.25. The van der Waals surface area contributed by atoms with E-state index in [1.165, 1.54) is 9.35 Å². The summed E-state index contributed by atoms with van der Waals surface area (Å²) in [4.78, 5) is 1.42. The summed E-state index contributed by atoms with van der Waals surface area (Å²) in [5.41, 5.74) is 5.96. The Bertz CT molecular complexity index is 257. The van der Waals surface area contributed by atoms with Crippen LogP contribution in [0.15, 0.2) is 15.9 Å². The summed E-state index contributed by atoms with van der Waals surface area (Å²) in [7, 11) is 0. The van der Waals surface area contributed by atoms with Crippen molar-refractivity contribution >= 4 is 27.3 Å². The molecule has 1 heterocycles. The Morgan fingerprint density at radius 2 is 2.23 bits per heavy atom. The molecule has 0 fully saturated rings. The highest BCUT2D eigenvalue weighted by Crippen LogP contribution is 2.21. The molecule has 0 aliphatic carbocycles. The maximum atomic E-state index is 5.96. The molecule has 1 aromatic heterocycles. The van der Waals surface area contributed by atoms with Gasteiger partial charge in [0.1, 0.15) is 0 Å². The average molecular weight is 262 g/mol. The van der Waals surface area contributed by atoms with E-state index >= 15 is 0 Å². The first kappa shape index (κ1) is 11.2. The van der Waals surface area contributed by atoms with E-state index in [1.807, 2.05) is 0 Å². The summed E-state index contributed by atoms with van der Waals surface area (Å²) in [6.07, 6.45) is 2.19. The van der Waals surface area contributed by atoms with Crippen LogP contribution in [0.2, 0.25) is 0 Å². The predicted molar refractivity (Wildman–Crippen MR) is 63.2 cm³/mol. The van der Waals surface area contributed by atoms with Gasteiger partial charge in [0.25, 0.3) is 0 Å². The van der Waals surface area contributed by atoms with E-state index in [0.717, 1.165) is 12.8 Å². The van der Waals surface area contributed by atoms with E-state index in [-0.39, 0.29) is 0 Å². The number of hydrogen-bond acceptors (Lipinski definition) is 2. The minimum Gasteiger partial charge on any atom is -0.327 e. The van der Waals surface area contributed by atoms with Gasteiger partial charge in [0, 0.05) is 20.8 Å². The molecule has 0 spiro atoms. The molecule has 0 aliphatic heterocycles. The average Bonchev–Trinajstić information content (AvgIpc) is 2.47. The molecular weight excluding hydrogens is 246 g/mol. The second-order valence-corrected chi connectivity index (χ2v) is 5.59. The van der Waals surface area contributed by atoms with Crippen molar-refractivity contribution in [2.75, 3.05) is 0 Å². The SMILES string of the molecule is CC(C)C(N)CCc1cc(Br)cs1. The van der Waals surface area contributed by atoms with Crippen LogP contribution in [-0.4, -0.2) is 6.04 Å². The van der Waals surface area contributed by atoms with E-state index < -0.39 is 0 Å². The largest absolute Gasteiger partial charge is 0.327 e. The lowest BCUT2D eigenvalue weighted by molar-refractivity contribution is 0.465. The van der Waals surface area contributed by atoms with Crippen LogP contribution in [0.5, 0.6) is 0 Å². The molecule has 3 heteroatoms. The monoisotopic (exact) mass is 261 g/mol.